The molecule has 0 spiro atoms. The fourth-order valence-corrected chi connectivity index (χ4v) is 5.75. The van der Waals surface area contributed by atoms with Crippen molar-refractivity contribution in [1.29, 1.82) is 0 Å². The molecular formula is C26H28Cl3N3O. The van der Waals surface area contributed by atoms with Crippen molar-refractivity contribution < 1.29 is 4.79 Å². The van der Waals surface area contributed by atoms with E-state index in [0.29, 0.717) is 23.0 Å². The first-order valence-corrected chi connectivity index (χ1v) is 12.3. The first kappa shape index (κ1) is 24.2. The minimum absolute atomic E-state index is 0.131. The SMILES string of the molecule is CC1(NC(=O)NCC2(c3ccc(-c4cccc(Cl)c4)cc3)CCNCC2)C=C(Cl)C=C(Cl)C1. The average molecular weight is 505 g/mol. The average Bonchev–Trinajstić information content (AvgIpc) is 2.77. The molecule has 7 heteroatoms. The molecule has 2 aromatic rings. The number of halogens is 3. The quantitative estimate of drug-likeness (QED) is 0.445. The maximum atomic E-state index is 12.8. The topological polar surface area (TPSA) is 53.2 Å². The molecule has 1 saturated heterocycles. The van der Waals surface area contributed by atoms with Crippen LogP contribution in [-0.4, -0.2) is 31.2 Å². The van der Waals surface area contributed by atoms with Gasteiger partial charge in [0.05, 0.1) is 5.54 Å². The highest BCUT2D eigenvalue weighted by molar-refractivity contribution is 6.35. The summed E-state index contributed by atoms with van der Waals surface area (Å²) in [6.07, 6.45) is 5.94. The molecule has 3 N–H and O–H groups in total. The summed E-state index contributed by atoms with van der Waals surface area (Å²) >= 11 is 18.5. The van der Waals surface area contributed by atoms with Crippen LogP contribution in [0.2, 0.25) is 5.02 Å². The van der Waals surface area contributed by atoms with E-state index in [1.807, 2.05) is 31.2 Å². The summed E-state index contributed by atoms with van der Waals surface area (Å²) < 4.78 is 0. The normalized spacial score (nSPS) is 22.2. The summed E-state index contributed by atoms with van der Waals surface area (Å²) in [5.41, 5.74) is 2.69. The third-order valence-corrected chi connectivity index (χ3v) is 7.19. The Balaban J connectivity index is 1.47. The number of nitrogens with one attached hydrogen (secondary N) is 3. The number of hydrogen-bond donors (Lipinski definition) is 3. The zero-order valence-electron chi connectivity index (χ0n) is 18.6. The van der Waals surface area contributed by atoms with Crippen LogP contribution in [-0.2, 0) is 5.41 Å². The minimum Gasteiger partial charge on any atom is -0.337 e. The molecule has 2 aliphatic rings. The monoisotopic (exact) mass is 503 g/mol. The van der Waals surface area contributed by atoms with E-state index < -0.39 is 5.54 Å². The van der Waals surface area contributed by atoms with Crippen LogP contribution in [0.5, 0.6) is 0 Å². The second-order valence-electron chi connectivity index (χ2n) is 9.14. The van der Waals surface area contributed by atoms with E-state index in [1.54, 1.807) is 6.08 Å². The lowest BCUT2D eigenvalue weighted by atomic mass is 9.73. The van der Waals surface area contributed by atoms with Crippen LogP contribution in [0.15, 0.2) is 70.7 Å². The number of allylic oxidation sites excluding steroid dienone is 2. The molecule has 1 atom stereocenters. The van der Waals surface area contributed by atoms with E-state index in [4.69, 9.17) is 34.8 Å². The standard InChI is InChI=1S/C26H28Cl3N3O/c1-25(15-22(28)14-23(29)16-25)32-24(33)31-17-26(9-11-30-12-10-26)20-7-5-18(6-8-20)19-3-2-4-21(27)13-19/h2-8,13-15,30H,9-12,16-17H2,1H3,(H2,31,32,33). The predicted molar refractivity (Wildman–Crippen MR) is 138 cm³/mol. The second-order valence-corrected chi connectivity index (χ2v) is 10.5. The number of benzene rings is 2. The van der Waals surface area contributed by atoms with Gasteiger partial charge in [-0.2, -0.15) is 0 Å². The lowest BCUT2D eigenvalue weighted by molar-refractivity contribution is 0.224. The molecule has 33 heavy (non-hydrogen) atoms. The highest BCUT2D eigenvalue weighted by Crippen LogP contribution is 2.35. The van der Waals surface area contributed by atoms with Crippen LogP contribution in [0.3, 0.4) is 0 Å². The maximum absolute atomic E-state index is 12.8. The Hall–Kier alpha value is -1.98. The molecule has 2 aromatic carbocycles. The smallest absolute Gasteiger partial charge is 0.315 e. The summed E-state index contributed by atoms with van der Waals surface area (Å²) in [5, 5.41) is 11.5. The highest BCUT2D eigenvalue weighted by atomic mass is 35.5. The van der Waals surface area contributed by atoms with Crippen molar-refractivity contribution in [2.75, 3.05) is 19.6 Å². The van der Waals surface area contributed by atoms with Crippen molar-refractivity contribution in [2.24, 2.45) is 0 Å². The molecule has 4 rings (SSSR count). The predicted octanol–water partition coefficient (Wildman–Crippen LogP) is 6.34. The van der Waals surface area contributed by atoms with Crippen LogP contribution in [0.25, 0.3) is 11.1 Å². The molecule has 1 fully saturated rings. The number of hydrogen-bond acceptors (Lipinski definition) is 2. The Morgan fingerprint density at radius 1 is 1.03 bits per heavy atom. The summed E-state index contributed by atoms with van der Waals surface area (Å²) in [4.78, 5) is 12.8. The summed E-state index contributed by atoms with van der Waals surface area (Å²) in [7, 11) is 0. The van der Waals surface area contributed by atoms with Gasteiger partial charge in [-0.1, -0.05) is 71.2 Å². The Kier molecular flexibility index (Phi) is 7.40. The molecule has 2 amide bonds. The molecule has 1 aliphatic carbocycles. The van der Waals surface area contributed by atoms with Crippen molar-refractivity contribution >= 4 is 40.8 Å². The zero-order chi connectivity index (χ0) is 23.5. The van der Waals surface area contributed by atoms with Gasteiger partial charge in [-0.05, 0) is 73.8 Å². The molecule has 1 unspecified atom stereocenters. The van der Waals surface area contributed by atoms with Gasteiger partial charge in [0.2, 0.25) is 0 Å². The van der Waals surface area contributed by atoms with Crippen molar-refractivity contribution in [3.63, 3.8) is 0 Å². The van der Waals surface area contributed by atoms with Gasteiger partial charge < -0.3 is 16.0 Å². The van der Waals surface area contributed by atoms with Crippen LogP contribution < -0.4 is 16.0 Å². The van der Waals surface area contributed by atoms with E-state index in [0.717, 1.165) is 42.1 Å². The molecule has 0 saturated carbocycles. The van der Waals surface area contributed by atoms with Crippen LogP contribution in [0.4, 0.5) is 4.79 Å². The largest absolute Gasteiger partial charge is 0.337 e. The van der Waals surface area contributed by atoms with Crippen LogP contribution in [0, 0.1) is 0 Å². The van der Waals surface area contributed by atoms with Gasteiger partial charge in [-0.25, -0.2) is 4.79 Å². The molecule has 1 heterocycles. The number of amides is 2. The lowest BCUT2D eigenvalue weighted by Gasteiger charge is -2.39. The molecule has 1 aliphatic heterocycles. The van der Waals surface area contributed by atoms with Crippen molar-refractivity contribution in [3.05, 3.63) is 81.3 Å². The van der Waals surface area contributed by atoms with Gasteiger partial charge in [0.25, 0.3) is 0 Å². The van der Waals surface area contributed by atoms with Crippen molar-refractivity contribution in [2.45, 2.75) is 37.1 Å². The first-order chi connectivity index (χ1) is 15.8. The third kappa shape index (κ3) is 5.93. The number of carbonyl (C=O) groups excluding carboxylic acids is 1. The Labute approximate surface area is 210 Å². The van der Waals surface area contributed by atoms with E-state index in [1.165, 1.54) is 5.56 Å². The Morgan fingerprint density at radius 2 is 1.76 bits per heavy atom. The van der Waals surface area contributed by atoms with Crippen LogP contribution in [0.1, 0.15) is 31.7 Å². The van der Waals surface area contributed by atoms with Gasteiger partial charge in [-0.3, -0.25) is 0 Å². The number of urea groups is 1. The number of piperidine rings is 1. The third-order valence-electron chi connectivity index (χ3n) is 6.49. The maximum Gasteiger partial charge on any atom is 0.315 e. The summed E-state index contributed by atoms with van der Waals surface area (Å²) in [6.45, 7) is 4.29. The Morgan fingerprint density at radius 3 is 2.42 bits per heavy atom. The molecule has 4 nitrogen and oxygen atoms in total. The van der Waals surface area contributed by atoms with E-state index in [-0.39, 0.29) is 11.4 Å². The van der Waals surface area contributed by atoms with Crippen molar-refractivity contribution in [1.82, 2.24) is 16.0 Å². The number of rotatable bonds is 5. The first-order valence-electron chi connectivity index (χ1n) is 11.1. The zero-order valence-corrected chi connectivity index (χ0v) is 20.8. The summed E-state index contributed by atoms with van der Waals surface area (Å²) in [5.74, 6) is 0. The minimum atomic E-state index is -0.618. The number of carbonyl (C=O) groups is 1. The van der Waals surface area contributed by atoms with E-state index in [9.17, 15) is 4.79 Å². The Bertz CT molecular complexity index is 1070. The molecule has 0 radical (unpaired) electrons. The van der Waals surface area contributed by atoms with Gasteiger partial charge in [-0.15, -0.1) is 0 Å². The van der Waals surface area contributed by atoms with Gasteiger partial charge in [0, 0.05) is 33.5 Å². The highest BCUT2D eigenvalue weighted by Gasteiger charge is 2.35. The molecule has 0 bridgehead atoms. The fraction of sp³-hybridized carbons (Fsp3) is 0.346. The fourth-order valence-electron chi connectivity index (χ4n) is 4.74. The molecule has 0 aromatic heterocycles. The van der Waals surface area contributed by atoms with Crippen molar-refractivity contribution in [3.8, 4) is 11.1 Å². The van der Waals surface area contributed by atoms with Gasteiger partial charge in [0.15, 0.2) is 0 Å². The van der Waals surface area contributed by atoms with Crippen LogP contribution >= 0.6 is 34.8 Å². The second kappa shape index (κ2) is 10.1. The van der Waals surface area contributed by atoms with Gasteiger partial charge >= 0.3 is 6.03 Å². The van der Waals surface area contributed by atoms with E-state index in [2.05, 4.69) is 46.3 Å². The molecule has 174 valence electrons. The lowest BCUT2D eigenvalue weighted by Crippen LogP contribution is -2.54. The van der Waals surface area contributed by atoms with E-state index >= 15 is 0 Å². The molecular weight excluding hydrogens is 477 g/mol. The van der Waals surface area contributed by atoms with Gasteiger partial charge in [0.1, 0.15) is 0 Å². The summed E-state index contributed by atoms with van der Waals surface area (Å²) in [6, 6.07) is 16.3.